The van der Waals surface area contributed by atoms with Gasteiger partial charge in [-0.2, -0.15) is 0 Å². The number of piperidine rings is 1. The Kier molecular flexibility index (Phi) is 4.52. The van der Waals surface area contributed by atoms with E-state index in [1.54, 1.807) is 12.4 Å². The Hall–Kier alpha value is -1.17. The van der Waals surface area contributed by atoms with E-state index in [9.17, 15) is 4.79 Å². The van der Waals surface area contributed by atoms with Gasteiger partial charge in [-0.1, -0.05) is 0 Å². The van der Waals surface area contributed by atoms with E-state index in [1.165, 1.54) is 0 Å². The summed E-state index contributed by atoms with van der Waals surface area (Å²) in [5, 5.41) is 0. The normalized spacial score (nSPS) is 16.7. The van der Waals surface area contributed by atoms with Gasteiger partial charge in [0.2, 0.25) is 5.95 Å². The summed E-state index contributed by atoms with van der Waals surface area (Å²) in [6.45, 7) is 3.88. The van der Waals surface area contributed by atoms with Gasteiger partial charge in [0, 0.05) is 25.5 Å². The van der Waals surface area contributed by atoms with Crippen molar-refractivity contribution in [2.45, 2.75) is 19.8 Å². The fourth-order valence-corrected chi connectivity index (χ4v) is 2.25. The molecular weight excluding hydrogens is 298 g/mol. The molecule has 98 valence electrons. The molecule has 5 nitrogen and oxygen atoms in total. The first-order valence-electron chi connectivity index (χ1n) is 6.10. The number of aromatic nitrogens is 2. The van der Waals surface area contributed by atoms with Crippen molar-refractivity contribution >= 4 is 27.8 Å². The third-order valence-electron chi connectivity index (χ3n) is 3.00. The summed E-state index contributed by atoms with van der Waals surface area (Å²) in [5.74, 6) is 0.672. The van der Waals surface area contributed by atoms with Crippen LogP contribution in [0.5, 0.6) is 0 Å². The molecular formula is C12H16BrN3O2. The number of nitrogens with zero attached hydrogens (tertiary/aromatic N) is 3. The largest absolute Gasteiger partial charge is 0.466 e. The first kappa shape index (κ1) is 13.3. The fourth-order valence-electron chi connectivity index (χ4n) is 2.04. The van der Waals surface area contributed by atoms with E-state index in [1.807, 2.05) is 6.92 Å². The van der Waals surface area contributed by atoms with Crippen LogP contribution in [0.4, 0.5) is 5.95 Å². The fraction of sp³-hybridized carbons (Fsp3) is 0.583. The van der Waals surface area contributed by atoms with Gasteiger partial charge < -0.3 is 9.64 Å². The molecule has 0 N–H and O–H groups in total. The summed E-state index contributed by atoms with van der Waals surface area (Å²) in [5.41, 5.74) is 0. The lowest BCUT2D eigenvalue weighted by atomic mass is 9.97. The van der Waals surface area contributed by atoms with E-state index < -0.39 is 0 Å². The lowest BCUT2D eigenvalue weighted by molar-refractivity contribution is -0.148. The summed E-state index contributed by atoms with van der Waals surface area (Å²) < 4.78 is 5.91. The van der Waals surface area contributed by atoms with Crippen LogP contribution >= 0.6 is 15.9 Å². The number of ether oxygens (including phenoxy) is 1. The summed E-state index contributed by atoms with van der Waals surface area (Å²) in [6.07, 6.45) is 5.08. The predicted octanol–water partition coefficient (Wildman–Crippen LogP) is 2.02. The molecule has 6 heteroatoms. The zero-order valence-corrected chi connectivity index (χ0v) is 11.9. The molecule has 0 saturated carbocycles. The van der Waals surface area contributed by atoms with E-state index in [4.69, 9.17) is 4.74 Å². The third kappa shape index (κ3) is 3.19. The highest BCUT2D eigenvalue weighted by atomic mass is 79.9. The molecule has 0 aromatic carbocycles. The van der Waals surface area contributed by atoms with Crippen LogP contribution in [0.25, 0.3) is 0 Å². The van der Waals surface area contributed by atoms with E-state index in [-0.39, 0.29) is 11.9 Å². The van der Waals surface area contributed by atoms with Crippen molar-refractivity contribution in [1.82, 2.24) is 9.97 Å². The lowest BCUT2D eigenvalue weighted by Crippen LogP contribution is -2.37. The van der Waals surface area contributed by atoms with E-state index in [0.717, 1.165) is 36.4 Å². The van der Waals surface area contributed by atoms with Gasteiger partial charge in [-0.3, -0.25) is 4.79 Å². The number of carbonyl (C=O) groups is 1. The molecule has 0 unspecified atom stereocenters. The topological polar surface area (TPSA) is 55.3 Å². The van der Waals surface area contributed by atoms with E-state index >= 15 is 0 Å². The smallest absolute Gasteiger partial charge is 0.309 e. The monoisotopic (exact) mass is 313 g/mol. The number of esters is 1. The van der Waals surface area contributed by atoms with Crippen LogP contribution in [0.2, 0.25) is 0 Å². The lowest BCUT2D eigenvalue weighted by Gasteiger charge is -2.30. The highest BCUT2D eigenvalue weighted by Gasteiger charge is 2.26. The number of hydrogen-bond acceptors (Lipinski definition) is 5. The van der Waals surface area contributed by atoms with Gasteiger partial charge in [-0.25, -0.2) is 9.97 Å². The van der Waals surface area contributed by atoms with Gasteiger partial charge >= 0.3 is 5.97 Å². The van der Waals surface area contributed by atoms with Crippen molar-refractivity contribution in [3.63, 3.8) is 0 Å². The van der Waals surface area contributed by atoms with Crippen LogP contribution in [-0.2, 0) is 9.53 Å². The molecule has 1 aliphatic rings. The SMILES string of the molecule is CCOC(=O)C1CCN(c2ncc(Br)cn2)CC1. The quantitative estimate of drug-likeness (QED) is 0.799. The number of carbonyl (C=O) groups excluding carboxylic acids is 1. The highest BCUT2D eigenvalue weighted by molar-refractivity contribution is 9.10. The van der Waals surface area contributed by atoms with Crippen LogP contribution in [0.3, 0.4) is 0 Å². The van der Waals surface area contributed by atoms with Crippen LogP contribution < -0.4 is 4.90 Å². The molecule has 0 aliphatic carbocycles. The average molecular weight is 314 g/mol. The highest BCUT2D eigenvalue weighted by Crippen LogP contribution is 2.22. The van der Waals surface area contributed by atoms with Gasteiger partial charge in [0.05, 0.1) is 17.0 Å². The maximum atomic E-state index is 11.6. The minimum absolute atomic E-state index is 0.0247. The van der Waals surface area contributed by atoms with Crippen molar-refractivity contribution < 1.29 is 9.53 Å². The molecule has 1 saturated heterocycles. The van der Waals surface area contributed by atoms with Crippen LogP contribution in [0.15, 0.2) is 16.9 Å². The Balaban J connectivity index is 1.90. The van der Waals surface area contributed by atoms with Crippen LogP contribution in [-0.4, -0.2) is 35.6 Å². The molecule has 1 aromatic rings. The summed E-state index contributed by atoms with van der Waals surface area (Å²) in [6, 6.07) is 0. The molecule has 0 spiro atoms. The van der Waals surface area contributed by atoms with Crippen molar-refractivity contribution in [2.24, 2.45) is 5.92 Å². The predicted molar refractivity (Wildman–Crippen MR) is 71.3 cm³/mol. The summed E-state index contributed by atoms with van der Waals surface area (Å²) in [7, 11) is 0. The van der Waals surface area contributed by atoms with Gasteiger partial charge in [0.15, 0.2) is 0 Å². The number of anilines is 1. The van der Waals surface area contributed by atoms with Crippen molar-refractivity contribution in [1.29, 1.82) is 0 Å². The minimum atomic E-state index is -0.0751. The Morgan fingerprint density at radius 1 is 1.44 bits per heavy atom. The second-order valence-corrected chi connectivity index (χ2v) is 5.13. The second-order valence-electron chi connectivity index (χ2n) is 4.21. The molecule has 2 rings (SSSR count). The Morgan fingerprint density at radius 2 is 2.06 bits per heavy atom. The number of hydrogen-bond donors (Lipinski definition) is 0. The zero-order chi connectivity index (χ0) is 13.0. The third-order valence-corrected chi connectivity index (χ3v) is 3.41. The number of rotatable bonds is 3. The first-order valence-corrected chi connectivity index (χ1v) is 6.89. The molecule has 1 aliphatic heterocycles. The maximum absolute atomic E-state index is 11.6. The molecule has 1 fully saturated rings. The van der Waals surface area contributed by atoms with Crippen molar-refractivity contribution in [3.8, 4) is 0 Å². The molecule has 0 bridgehead atoms. The summed E-state index contributed by atoms with van der Waals surface area (Å²) >= 11 is 3.31. The Morgan fingerprint density at radius 3 is 2.61 bits per heavy atom. The number of halogens is 1. The maximum Gasteiger partial charge on any atom is 0.309 e. The second kappa shape index (κ2) is 6.13. The first-order chi connectivity index (χ1) is 8.70. The van der Waals surface area contributed by atoms with Gasteiger partial charge in [-0.15, -0.1) is 0 Å². The van der Waals surface area contributed by atoms with Gasteiger partial charge in [0.1, 0.15) is 0 Å². The minimum Gasteiger partial charge on any atom is -0.466 e. The van der Waals surface area contributed by atoms with Crippen molar-refractivity contribution in [2.75, 3.05) is 24.6 Å². The molecule has 0 atom stereocenters. The Bertz CT molecular complexity index is 402. The van der Waals surface area contributed by atoms with E-state index in [2.05, 4.69) is 30.8 Å². The summed E-state index contributed by atoms with van der Waals surface area (Å²) in [4.78, 5) is 22.2. The average Bonchev–Trinajstić information content (AvgIpc) is 2.40. The van der Waals surface area contributed by atoms with E-state index in [0.29, 0.717) is 6.61 Å². The van der Waals surface area contributed by atoms with Crippen molar-refractivity contribution in [3.05, 3.63) is 16.9 Å². The molecule has 2 heterocycles. The Labute approximate surface area is 115 Å². The van der Waals surface area contributed by atoms with Gasteiger partial charge in [-0.05, 0) is 35.7 Å². The van der Waals surface area contributed by atoms with Gasteiger partial charge in [0.25, 0.3) is 0 Å². The molecule has 1 aromatic heterocycles. The zero-order valence-electron chi connectivity index (χ0n) is 10.3. The molecule has 0 amide bonds. The standard InChI is InChI=1S/C12H16BrN3O2/c1-2-18-11(17)9-3-5-16(6-4-9)12-14-7-10(13)8-15-12/h7-9H,2-6H2,1H3. The van der Waals surface area contributed by atoms with Crippen LogP contribution in [0, 0.1) is 5.92 Å². The molecule has 18 heavy (non-hydrogen) atoms. The molecule has 0 radical (unpaired) electrons. The van der Waals surface area contributed by atoms with Crippen LogP contribution in [0.1, 0.15) is 19.8 Å².